The van der Waals surface area contributed by atoms with Crippen LogP contribution in [0, 0.1) is 0 Å². The average Bonchev–Trinajstić information content (AvgIpc) is 3.32. The fourth-order valence-corrected chi connectivity index (χ4v) is 3.82. The molecule has 174 valence electrons. The van der Waals surface area contributed by atoms with Gasteiger partial charge in [0.25, 0.3) is 5.91 Å². The van der Waals surface area contributed by atoms with Gasteiger partial charge in [-0.05, 0) is 72.3 Å². The Morgan fingerprint density at radius 1 is 0.943 bits per heavy atom. The molecule has 0 fully saturated rings. The van der Waals surface area contributed by atoms with Crippen LogP contribution in [0.1, 0.15) is 10.4 Å². The third-order valence-electron chi connectivity index (χ3n) is 5.62. The number of imidazole rings is 1. The number of hydrogen-bond acceptors (Lipinski definition) is 6. The lowest BCUT2D eigenvalue weighted by Crippen LogP contribution is -2.11. The molecule has 1 amide bonds. The first-order valence-corrected chi connectivity index (χ1v) is 10.8. The highest BCUT2D eigenvalue weighted by atomic mass is 16.5. The van der Waals surface area contributed by atoms with Gasteiger partial charge in [-0.25, -0.2) is 9.97 Å². The second-order valence-electron chi connectivity index (χ2n) is 7.79. The molecular formula is C27H22N4O4. The molecule has 0 aliphatic carbocycles. The number of amides is 1. The Morgan fingerprint density at radius 2 is 1.77 bits per heavy atom. The topological polar surface area (TPSA) is 109 Å². The zero-order valence-electron chi connectivity index (χ0n) is 19.1. The Hall–Kier alpha value is -4.85. The molecule has 5 aromatic rings. The highest BCUT2D eigenvalue weighted by Crippen LogP contribution is 2.35. The summed E-state index contributed by atoms with van der Waals surface area (Å²) < 4.78 is 10.5. The van der Waals surface area contributed by atoms with Gasteiger partial charge in [0.2, 0.25) is 5.88 Å². The molecule has 2 heterocycles. The number of aromatic amines is 1. The molecule has 0 saturated carbocycles. The SMILES string of the molecule is COc1ccc(NC(=O)c2ccc3[nH]c(-c4cc(-c5cccnc5OC)ccc4O)nc3c2)cc1. The van der Waals surface area contributed by atoms with Crippen molar-refractivity contribution < 1.29 is 19.4 Å². The highest BCUT2D eigenvalue weighted by Gasteiger charge is 2.15. The molecule has 0 radical (unpaired) electrons. The van der Waals surface area contributed by atoms with Crippen molar-refractivity contribution >= 4 is 22.6 Å². The second-order valence-corrected chi connectivity index (χ2v) is 7.79. The van der Waals surface area contributed by atoms with E-state index in [0.717, 1.165) is 16.6 Å². The van der Waals surface area contributed by atoms with Crippen LogP contribution in [-0.4, -0.2) is 40.2 Å². The number of aromatic nitrogens is 3. The minimum Gasteiger partial charge on any atom is -0.507 e. The van der Waals surface area contributed by atoms with Gasteiger partial charge in [-0.15, -0.1) is 0 Å². The Balaban J connectivity index is 1.45. The fourth-order valence-electron chi connectivity index (χ4n) is 3.82. The summed E-state index contributed by atoms with van der Waals surface area (Å²) in [5.41, 5.74) is 4.60. The summed E-state index contributed by atoms with van der Waals surface area (Å²) in [5.74, 6) is 1.50. The Kier molecular flexibility index (Phi) is 5.76. The van der Waals surface area contributed by atoms with Crippen molar-refractivity contribution in [2.75, 3.05) is 19.5 Å². The van der Waals surface area contributed by atoms with Gasteiger partial charge in [0.05, 0.1) is 30.8 Å². The van der Waals surface area contributed by atoms with E-state index in [1.165, 1.54) is 0 Å². The van der Waals surface area contributed by atoms with E-state index in [9.17, 15) is 9.90 Å². The number of nitrogens with one attached hydrogen (secondary N) is 2. The molecule has 8 heteroatoms. The summed E-state index contributed by atoms with van der Waals surface area (Å²) in [6.07, 6.45) is 1.66. The Bertz CT molecular complexity index is 1530. The largest absolute Gasteiger partial charge is 0.507 e. The van der Waals surface area contributed by atoms with Crippen LogP contribution in [0.15, 0.2) is 79.0 Å². The monoisotopic (exact) mass is 466 g/mol. The zero-order chi connectivity index (χ0) is 24.4. The van der Waals surface area contributed by atoms with E-state index in [0.29, 0.717) is 39.8 Å². The molecule has 3 N–H and O–H groups in total. The van der Waals surface area contributed by atoms with Gasteiger partial charge in [0.1, 0.15) is 17.3 Å². The van der Waals surface area contributed by atoms with Crippen LogP contribution >= 0.6 is 0 Å². The average molecular weight is 466 g/mol. The molecule has 2 aromatic heterocycles. The molecule has 5 rings (SSSR count). The summed E-state index contributed by atoms with van der Waals surface area (Å²) in [6, 6.07) is 21.3. The maximum absolute atomic E-state index is 12.8. The third kappa shape index (κ3) is 4.37. The molecule has 0 spiro atoms. The maximum Gasteiger partial charge on any atom is 0.255 e. The molecule has 3 aromatic carbocycles. The number of nitrogens with zero attached hydrogens (tertiary/aromatic N) is 2. The van der Waals surface area contributed by atoms with Crippen molar-refractivity contribution in [2.45, 2.75) is 0 Å². The summed E-state index contributed by atoms with van der Waals surface area (Å²) in [6.45, 7) is 0. The van der Waals surface area contributed by atoms with Crippen LogP contribution in [0.2, 0.25) is 0 Å². The molecular weight excluding hydrogens is 444 g/mol. The van der Waals surface area contributed by atoms with E-state index in [4.69, 9.17) is 9.47 Å². The number of carbonyl (C=O) groups excluding carboxylic acids is 1. The molecule has 0 atom stereocenters. The van der Waals surface area contributed by atoms with Crippen LogP contribution in [0.5, 0.6) is 17.4 Å². The number of pyridine rings is 1. The van der Waals surface area contributed by atoms with Gasteiger partial charge in [0.15, 0.2) is 0 Å². The van der Waals surface area contributed by atoms with Gasteiger partial charge < -0.3 is 24.9 Å². The normalized spacial score (nSPS) is 10.8. The quantitative estimate of drug-likeness (QED) is 0.315. The van der Waals surface area contributed by atoms with Gasteiger partial charge >= 0.3 is 0 Å². The Labute approximate surface area is 201 Å². The molecule has 0 unspecified atom stereocenters. The number of methoxy groups -OCH3 is 2. The summed E-state index contributed by atoms with van der Waals surface area (Å²) >= 11 is 0. The minimum absolute atomic E-state index is 0.0770. The van der Waals surface area contributed by atoms with Crippen LogP contribution < -0.4 is 14.8 Å². The zero-order valence-corrected chi connectivity index (χ0v) is 19.1. The van der Waals surface area contributed by atoms with Crippen molar-refractivity contribution in [3.8, 4) is 39.9 Å². The predicted molar refractivity (Wildman–Crippen MR) is 134 cm³/mol. The van der Waals surface area contributed by atoms with Gasteiger partial charge in [0, 0.05) is 23.0 Å². The van der Waals surface area contributed by atoms with E-state index in [-0.39, 0.29) is 11.7 Å². The van der Waals surface area contributed by atoms with Crippen molar-refractivity contribution in [1.82, 2.24) is 15.0 Å². The fraction of sp³-hybridized carbons (Fsp3) is 0.0741. The van der Waals surface area contributed by atoms with Gasteiger partial charge in [-0.2, -0.15) is 0 Å². The molecule has 0 aliphatic rings. The number of H-pyrrole nitrogens is 1. The summed E-state index contributed by atoms with van der Waals surface area (Å²) in [4.78, 5) is 24.9. The first-order chi connectivity index (χ1) is 17.1. The maximum atomic E-state index is 12.8. The number of anilines is 1. The highest BCUT2D eigenvalue weighted by molar-refractivity contribution is 6.06. The molecule has 35 heavy (non-hydrogen) atoms. The van der Waals surface area contributed by atoms with Crippen LogP contribution in [-0.2, 0) is 0 Å². The first-order valence-electron chi connectivity index (χ1n) is 10.8. The van der Waals surface area contributed by atoms with Crippen LogP contribution in [0.3, 0.4) is 0 Å². The molecule has 0 aliphatic heterocycles. The predicted octanol–water partition coefficient (Wildman–Crippen LogP) is 5.27. The number of ether oxygens (including phenoxy) is 2. The van der Waals surface area contributed by atoms with E-state index >= 15 is 0 Å². The molecule has 0 saturated heterocycles. The molecule has 8 nitrogen and oxygen atoms in total. The van der Waals surface area contributed by atoms with Crippen LogP contribution in [0.25, 0.3) is 33.5 Å². The number of carbonyl (C=O) groups is 1. The number of benzene rings is 3. The Morgan fingerprint density at radius 3 is 2.54 bits per heavy atom. The van der Waals surface area contributed by atoms with Crippen molar-refractivity contribution in [3.05, 3.63) is 84.6 Å². The van der Waals surface area contributed by atoms with E-state index < -0.39 is 0 Å². The van der Waals surface area contributed by atoms with Crippen molar-refractivity contribution in [1.29, 1.82) is 0 Å². The lowest BCUT2D eigenvalue weighted by Gasteiger charge is -2.09. The van der Waals surface area contributed by atoms with E-state index in [1.807, 2.05) is 18.2 Å². The molecule has 0 bridgehead atoms. The number of phenolic OH excluding ortho intramolecular Hbond substituents is 1. The van der Waals surface area contributed by atoms with Crippen molar-refractivity contribution in [2.24, 2.45) is 0 Å². The summed E-state index contributed by atoms with van der Waals surface area (Å²) in [5, 5.41) is 13.4. The van der Waals surface area contributed by atoms with E-state index in [1.54, 1.807) is 75.0 Å². The standard InChI is InChI=1S/C27H22N4O4/c1-34-19-9-7-18(8-10-19)29-26(33)17-5-11-22-23(15-17)31-25(30-22)21-14-16(6-12-24(21)32)20-4-3-13-28-27(20)35-2/h3-15,32H,1-2H3,(H,29,33)(H,30,31). The lowest BCUT2D eigenvalue weighted by molar-refractivity contribution is 0.102. The number of hydrogen-bond donors (Lipinski definition) is 3. The van der Waals surface area contributed by atoms with Crippen LogP contribution in [0.4, 0.5) is 5.69 Å². The number of aromatic hydroxyl groups is 1. The number of phenols is 1. The van der Waals surface area contributed by atoms with Gasteiger partial charge in [-0.3, -0.25) is 4.79 Å². The smallest absolute Gasteiger partial charge is 0.255 e. The lowest BCUT2D eigenvalue weighted by atomic mass is 10.0. The number of rotatable bonds is 6. The summed E-state index contributed by atoms with van der Waals surface area (Å²) in [7, 11) is 3.15. The minimum atomic E-state index is -0.255. The first kappa shape index (κ1) is 22.0. The van der Waals surface area contributed by atoms with Crippen molar-refractivity contribution in [3.63, 3.8) is 0 Å². The second kappa shape index (κ2) is 9.18. The van der Waals surface area contributed by atoms with Gasteiger partial charge in [-0.1, -0.05) is 6.07 Å². The number of fused-ring (bicyclic) bond motifs is 1. The van der Waals surface area contributed by atoms with E-state index in [2.05, 4.69) is 20.3 Å². The third-order valence-corrected chi connectivity index (χ3v) is 5.62.